The van der Waals surface area contributed by atoms with E-state index in [1.54, 1.807) is 0 Å². The van der Waals surface area contributed by atoms with E-state index in [9.17, 15) is 18.0 Å². The van der Waals surface area contributed by atoms with Crippen molar-refractivity contribution in [2.75, 3.05) is 19.4 Å². The van der Waals surface area contributed by atoms with Gasteiger partial charge in [-0.05, 0) is 57.4 Å². The summed E-state index contributed by atoms with van der Waals surface area (Å²) < 4.78 is 36.0. The molecule has 2 heterocycles. The van der Waals surface area contributed by atoms with Crippen molar-refractivity contribution in [3.8, 4) is 0 Å². The van der Waals surface area contributed by atoms with Crippen molar-refractivity contribution >= 4 is 21.9 Å². The zero-order chi connectivity index (χ0) is 21.6. The number of rotatable bonds is 4. The second-order valence-corrected chi connectivity index (χ2v) is 10.9. The molecule has 8 heteroatoms. The van der Waals surface area contributed by atoms with Crippen molar-refractivity contribution in [1.82, 2.24) is 4.90 Å². The van der Waals surface area contributed by atoms with Crippen molar-refractivity contribution < 1.29 is 27.3 Å². The molecule has 164 valence electrons. The Morgan fingerprint density at radius 1 is 1.31 bits per heavy atom. The number of nitrogens with zero attached hydrogens (tertiary/aromatic N) is 1. The normalized spacial score (nSPS) is 35.1. The number of ether oxygens (including phenoxy) is 1. The number of hydrogen-bond acceptors (Lipinski definition) is 6. The van der Waals surface area contributed by atoms with Crippen LogP contribution in [0, 0.1) is 16.7 Å². The van der Waals surface area contributed by atoms with Crippen LogP contribution in [0.2, 0.25) is 0 Å². The fourth-order valence-electron chi connectivity index (χ4n) is 5.92. The number of ketones is 1. The lowest BCUT2D eigenvalue weighted by Gasteiger charge is -2.35. The third-order valence-electron chi connectivity index (χ3n) is 7.89. The van der Waals surface area contributed by atoms with Crippen LogP contribution in [0.5, 0.6) is 0 Å². The molecule has 0 amide bonds. The molecule has 4 rings (SSSR count). The van der Waals surface area contributed by atoms with E-state index in [0.717, 1.165) is 24.8 Å². The van der Waals surface area contributed by atoms with Gasteiger partial charge in [0, 0.05) is 18.5 Å². The molecule has 0 aromatic rings. The summed E-state index contributed by atoms with van der Waals surface area (Å²) in [7, 11) is -1.97. The molecular formula is C21H33NO6S. The lowest BCUT2D eigenvalue weighted by Crippen LogP contribution is -2.42. The topological polar surface area (TPSA) is 101 Å². The highest BCUT2D eigenvalue weighted by Gasteiger charge is 2.65. The summed E-state index contributed by atoms with van der Waals surface area (Å²) in [4.78, 5) is 25.8. The SMILES string of the molecule is CC1(C)[C@H]2CC[C@]1(CS(=O)(=O)O)C(=O)C2.CCOC(=O)C1=CC[C@H]2CCC1N2C. The van der Waals surface area contributed by atoms with E-state index < -0.39 is 21.3 Å². The zero-order valence-electron chi connectivity index (χ0n) is 17.8. The number of likely N-dealkylation sites (N-methyl/N-ethyl adjacent to an activating group) is 1. The van der Waals surface area contributed by atoms with Crippen molar-refractivity contribution in [3.63, 3.8) is 0 Å². The first kappa shape index (κ1) is 22.4. The van der Waals surface area contributed by atoms with Crippen LogP contribution in [-0.4, -0.2) is 61.1 Å². The molecule has 0 radical (unpaired) electrons. The van der Waals surface area contributed by atoms with Crippen molar-refractivity contribution in [2.24, 2.45) is 16.7 Å². The second kappa shape index (κ2) is 7.78. The van der Waals surface area contributed by atoms with Gasteiger partial charge in [0.05, 0.1) is 23.3 Å². The average Bonchev–Trinajstić information content (AvgIpc) is 3.05. The Hall–Kier alpha value is -1.25. The maximum atomic E-state index is 11.9. The molecule has 7 nitrogen and oxygen atoms in total. The van der Waals surface area contributed by atoms with E-state index in [4.69, 9.17) is 9.29 Å². The lowest BCUT2D eigenvalue weighted by molar-refractivity contribution is -0.139. The highest BCUT2D eigenvalue weighted by atomic mass is 32.2. The molecule has 29 heavy (non-hydrogen) atoms. The Balaban J connectivity index is 0.000000166. The molecule has 1 N–H and O–H groups in total. The fourth-order valence-corrected chi connectivity index (χ4v) is 7.22. The third kappa shape index (κ3) is 3.91. The minimum absolute atomic E-state index is 0.0152. The van der Waals surface area contributed by atoms with Gasteiger partial charge in [0.15, 0.2) is 0 Å². The Bertz CT molecular complexity index is 817. The van der Waals surface area contributed by atoms with Gasteiger partial charge in [-0.15, -0.1) is 0 Å². The summed E-state index contributed by atoms with van der Waals surface area (Å²) >= 11 is 0. The van der Waals surface area contributed by atoms with Crippen molar-refractivity contribution in [3.05, 3.63) is 11.6 Å². The number of hydrogen-bond donors (Lipinski definition) is 1. The molecular weight excluding hydrogens is 394 g/mol. The minimum Gasteiger partial charge on any atom is -0.463 e. The number of fused-ring (bicyclic) bond motifs is 4. The van der Waals surface area contributed by atoms with Crippen molar-refractivity contribution in [2.45, 2.75) is 71.4 Å². The van der Waals surface area contributed by atoms with Gasteiger partial charge >= 0.3 is 5.97 Å². The predicted molar refractivity (Wildman–Crippen MR) is 109 cm³/mol. The Morgan fingerprint density at radius 2 is 2.00 bits per heavy atom. The maximum Gasteiger partial charge on any atom is 0.335 e. The smallest absolute Gasteiger partial charge is 0.335 e. The monoisotopic (exact) mass is 427 g/mol. The molecule has 0 aromatic heterocycles. The molecule has 4 bridgehead atoms. The molecule has 1 saturated heterocycles. The molecule has 4 aliphatic rings. The maximum absolute atomic E-state index is 11.9. The van der Waals surface area contributed by atoms with Crippen LogP contribution in [0.4, 0.5) is 0 Å². The third-order valence-corrected chi connectivity index (χ3v) is 8.75. The van der Waals surface area contributed by atoms with Crippen LogP contribution in [0.3, 0.4) is 0 Å². The summed E-state index contributed by atoms with van der Waals surface area (Å²) in [6, 6.07) is 0.964. The van der Waals surface area contributed by atoms with Gasteiger partial charge in [-0.2, -0.15) is 8.42 Å². The Morgan fingerprint density at radius 3 is 2.52 bits per heavy atom. The molecule has 0 spiro atoms. The summed E-state index contributed by atoms with van der Waals surface area (Å²) in [5, 5.41) is 0. The second-order valence-electron chi connectivity index (χ2n) is 9.42. The number of Topliss-reactive ketones (excluding diaryl/α,β-unsaturated/α-hetero) is 1. The molecule has 1 unspecified atom stereocenters. The van der Waals surface area contributed by atoms with Gasteiger partial charge in [-0.25, -0.2) is 4.79 Å². The number of esters is 1. The van der Waals surface area contributed by atoms with Crippen LogP contribution in [0.1, 0.15) is 59.3 Å². The van der Waals surface area contributed by atoms with E-state index in [-0.39, 0.29) is 23.1 Å². The van der Waals surface area contributed by atoms with Gasteiger partial charge in [-0.3, -0.25) is 14.2 Å². The number of carbonyl (C=O) groups excluding carboxylic acids is 2. The lowest BCUT2D eigenvalue weighted by atomic mass is 9.70. The van der Waals surface area contributed by atoms with Crippen LogP contribution >= 0.6 is 0 Å². The fraction of sp³-hybridized carbons (Fsp3) is 0.810. The summed E-state index contributed by atoms with van der Waals surface area (Å²) in [6.07, 6.45) is 7.36. The summed E-state index contributed by atoms with van der Waals surface area (Å²) in [5.41, 5.74) is -0.242. The van der Waals surface area contributed by atoms with E-state index in [1.165, 1.54) is 6.42 Å². The largest absolute Gasteiger partial charge is 0.463 e. The van der Waals surface area contributed by atoms with Crippen LogP contribution in [-0.2, 0) is 24.4 Å². The van der Waals surface area contributed by atoms with E-state index in [0.29, 0.717) is 31.5 Å². The molecule has 3 fully saturated rings. The molecule has 2 aliphatic carbocycles. The average molecular weight is 428 g/mol. The van der Waals surface area contributed by atoms with Gasteiger partial charge < -0.3 is 4.74 Å². The van der Waals surface area contributed by atoms with E-state index in [1.807, 2.05) is 20.8 Å². The molecule has 2 aliphatic heterocycles. The van der Waals surface area contributed by atoms with Gasteiger partial charge in [0.1, 0.15) is 5.78 Å². The van der Waals surface area contributed by atoms with Crippen LogP contribution in [0.15, 0.2) is 11.6 Å². The predicted octanol–water partition coefficient (Wildman–Crippen LogP) is 2.61. The molecule has 2 saturated carbocycles. The molecule has 0 aromatic carbocycles. The van der Waals surface area contributed by atoms with E-state index >= 15 is 0 Å². The first-order valence-corrected chi connectivity index (χ1v) is 12.1. The van der Waals surface area contributed by atoms with Gasteiger partial charge in [0.2, 0.25) is 0 Å². The van der Waals surface area contributed by atoms with E-state index in [2.05, 4.69) is 18.0 Å². The first-order valence-electron chi connectivity index (χ1n) is 10.5. The highest BCUT2D eigenvalue weighted by Crippen LogP contribution is 2.64. The van der Waals surface area contributed by atoms with Gasteiger partial charge in [0.25, 0.3) is 10.1 Å². The standard InChI is InChI=1S/C11H17NO2.C10H16O4S/c1-3-14-11(13)9-6-4-8-5-7-10(9)12(8)2;1-9(2)7-3-4-10(9,8(11)5-7)6-15(12,13)14/h6,8,10H,3-5,7H2,1-2H3;7H,3-6H2,1-2H3,(H,12,13,14)/t8-,10?;7-,10-/m00/s1. The highest BCUT2D eigenvalue weighted by molar-refractivity contribution is 7.85. The zero-order valence-corrected chi connectivity index (χ0v) is 18.6. The van der Waals surface area contributed by atoms with Gasteiger partial charge in [-0.1, -0.05) is 19.9 Å². The Kier molecular flexibility index (Phi) is 6.02. The van der Waals surface area contributed by atoms with Crippen LogP contribution < -0.4 is 0 Å². The summed E-state index contributed by atoms with van der Waals surface area (Å²) in [6.45, 7) is 6.21. The number of carbonyl (C=O) groups is 2. The molecule has 4 atom stereocenters. The Labute approximate surface area is 173 Å². The van der Waals surface area contributed by atoms with Crippen molar-refractivity contribution in [1.29, 1.82) is 0 Å². The van der Waals surface area contributed by atoms with Crippen LogP contribution in [0.25, 0.3) is 0 Å². The quantitative estimate of drug-likeness (QED) is 0.543. The summed E-state index contributed by atoms with van der Waals surface area (Å²) in [5.74, 6) is -0.222. The first-order chi connectivity index (χ1) is 13.4. The minimum atomic E-state index is -4.08.